The van der Waals surface area contributed by atoms with Crippen molar-refractivity contribution in [3.05, 3.63) is 29.5 Å². The molecule has 3 heteroatoms. The normalized spacial score (nSPS) is 28.7. The molecule has 1 aromatic heterocycles. The van der Waals surface area contributed by atoms with Gasteiger partial charge in [-0.2, -0.15) is 5.10 Å². The highest BCUT2D eigenvalue weighted by molar-refractivity contribution is 5.83. The standard InChI is InChI=1S/C15H21N3/c1-9-6-11(3)15(16-7-9)14-10(2)4-5-13-12(14)8-17-18-13/h4-5,8-9,11,15-16H,6-7H2,1-3H3,(H,17,18). The number of rotatable bonds is 1. The molecule has 2 N–H and O–H groups in total. The highest BCUT2D eigenvalue weighted by Crippen LogP contribution is 2.36. The number of aromatic amines is 1. The summed E-state index contributed by atoms with van der Waals surface area (Å²) >= 11 is 0. The Balaban J connectivity index is 2.07. The van der Waals surface area contributed by atoms with Gasteiger partial charge in [-0.15, -0.1) is 0 Å². The van der Waals surface area contributed by atoms with Crippen LogP contribution in [0.1, 0.15) is 37.4 Å². The minimum absolute atomic E-state index is 0.461. The molecule has 1 saturated heterocycles. The number of benzene rings is 1. The lowest BCUT2D eigenvalue weighted by Crippen LogP contribution is -2.37. The predicted octanol–water partition coefficient (Wildman–Crippen LogP) is 3.18. The Bertz CT molecular complexity index is 558. The summed E-state index contributed by atoms with van der Waals surface area (Å²) in [5.74, 6) is 1.45. The van der Waals surface area contributed by atoms with Crippen molar-refractivity contribution in [1.82, 2.24) is 15.5 Å². The quantitative estimate of drug-likeness (QED) is 0.807. The van der Waals surface area contributed by atoms with E-state index in [1.165, 1.54) is 22.9 Å². The molecule has 1 aromatic carbocycles. The molecule has 0 saturated carbocycles. The van der Waals surface area contributed by atoms with Crippen molar-refractivity contribution in [3.8, 4) is 0 Å². The van der Waals surface area contributed by atoms with Crippen LogP contribution in [0.3, 0.4) is 0 Å². The number of aryl methyl sites for hydroxylation is 1. The third kappa shape index (κ3) is 1.83. The molecule has 3 unspecified atom stereocenters. The molecule has 0 bridgehead atoms. The third-order valence-electron chi connectivity index (χ3n) is 4.22. The van der Waals surface area contributed by atoms with Crippen molar-refractivity contribution in [3.63, 3.8) is 0 Å². The van der Waals surface area contributed by atoms with E-state index in [-0.39, 0.29) is 0 Å². The number of H-pyrrole nitrogens is 1. The molecule has 1 aliphatic rings. The van der Waals surface area contributed by atoms with Gasteiger partial charge in [0.1, 0.15) is 0 Å². The van der Waals surface area contributed by atoms with E-state index in [0.717, 1.165) is 18.0 Å². The van der Waals surface area contributed by atoms with E-state index in [1.807, 2.05) is 6.20 Å². The molecular formula is C15H21N3. The molecule has 1 aliphatic heterocycles. The Kier molecular flexibility index (Phi) is 2.86. The van der Waals surface area contributed by atoms with E-state index in [0.29, 0.717) is 12.0 Å². The second kappa shape index (κ2) is 4.39. The monoisotopic (exact) mass is 243 g/mol. The van der Waals surface area contributed by atoms with Crippen molar-refractivity contribution in [2.24, 2.45) is 11.8 Å². The highest BCUT2D eigenvalue weighted by atomic mass is 15.1. The largest absolute Gasteiger partial charge is 0.309 e. The average Bonchev–Trinajstić information content (AvgIpc) is 2.79. The summed E-state index contributed by atoms with van der Waals surface area (Å²) in [7, 11) is 0. The van der Waals surface area contributed by atoms with Gasteiger partial charge in [0, 0.05) is 11.4 Å². The van der Waals surface area contributed by atoms with Crippen LogP contribution < -0.4 is 5.32 Å². The predicted molar refractivity (Wildman–Crippen MR) is 74.5 cm³/mol. The minimum Gasteiger partial charge on any atom is -0.309 e. The Hall–Kier alpha value is -1.35. The fraction of sp³-hybridized carbons (Fsp3) is 0.533. The number of aromatic nitrogens is 2. The van der Waals surface area contributed by atoms with Gasteiger partial charge in [0.25, 0.3) is 0 Å². The minimum atomic E-state index is 0.461. The Morgan fingerprint density at radius 3 is 2.89 bits per heavy atom. The zero-order valence-electron chi connectivity index (χ0n) is 11.3. The molecule has 0 radical (unpaired) electrons. The molecule has 3 nitrogen and oxygen atoms in total. The van der Waals surface area contributed by atoms with Gasteiger partial charge >= 0.3 is 0 Å². The van der Waals surface area contributed by atoms with Crippen molar-refractivity contribution in [2.75, 3.05) is 6.54 Å². The molecule has 1 fully saturated rings. The van der Waals surface area contributed by atoms with Crippen molar-refractivity contribution in [1.29, 1.82) is 0 Å². The van der Waals surface area contributed by atoms with E-state index >= 15 is 0 Å². The topological polar surface area (TPSA) is 40.7 Å². The summed E-state index contributed by atoms with van der Waals surface area (Å²) in [5.41, 5.74) is 3.94. The van der Waals surface area contributed by atoms with Crippen LogP contribution in [0, 0.1) is 18.8 Å². The number of fused-ring (bicyclic) bond motifs is 1. The van der Waals surface area contributed by atoms with Crippen LogP contribution >= 0.6 is 0 Å². The molecule has 0 spiro atoms. The van der Waals surface area contributed by atoms with Crippen molar-refractivity contribution < 1.29 is 0 Å². The lowest BCUT2D eigenvalue weighted by atomic mass is 9.81. The molecule has 18 heavy (non-hydrogen) atoms. The smallest absolute Gasteiger partial charge is 0.0653 e. The molecule has 0 aliphatic carbocycles. The fourth-order valence-electron chi connectivity index (χ4n) is 3.33. The average molecular weight is 243 g/mol. The number of piperidine rings is 1. The van der Waals surface area contributed by atoms with E-state index in [2.05, 4.69) is 48.4 Å². The number of nitrogens with zero attached hydrogens (tertiary/aromatic N) is 1. The molecule has 3 rings (SSSR count). The van der Waals surface area contributed by atoms with Gasteiger partial charge in [0.15, 0.2) is 0 Å². The van der Waals surface area contributed by atoms with Gasteiger partial charge in [0.2, 0.25) is 0 Å². The van der Waals surface area contributed by atoms with E-state index in [9.17, 15) is 0 Å². The lowest BCUT2D eigenvalue weighted by Gasteiger charge is -2.35. The first-order valence-corrected chi connectivity index (χ1v) is 6.82. The maximum atomic E-state index is 4.19. The molecule has 2 heterocycles. The van der Waals surface area contributed by atoms with E-state index < -0.39 is 0 Å². The van der Waals surface area contributed by atoms with Gasteiger partial charge < -0.3 is 5.32 Å². The maximum absolute atomic E-state index is 4.19. The van der Waals surface area contributed by atoms with Crippen molar-refractivity contribution >= 4 is 10.9 Å². The van der Waals surface area contributed by atoms with Crippen LogP contribution in [0.5, 0.6) is 0 Å². The molecule has 3 atom stereocenters. The van der Waals surface area contributed by atoms with Crippen LogP contribution in [0.25, 0.3) is 10.9 Å². The maximum Gasteiger partial charge on any atom is 0.0653 e. The summed E-state index contributed by atoms with van der Waals surface area (Å²) in [6, 6.07) is 4.78. The van der Waals surface area contributed by atoms with E-state index in [1.54, 1.807) is 0 Å². The summed E-state index contributed by atoms with van der Waals surface area (Å²) in [5, 5.41) is 12.2. The fourth-order valence-corrected chi connectivity index (χ4v) is 3.33. The zero-order chi connectivity index (χ0) is 12.7. The van der Waals surface area contributed by atoms with Gasteiger partial charge in [-0.25, -0.2) is 0 Å². The Labute approximate surface area is 108 Å². The van der Waals surface area contributed by atoms with Crippen LogP contribution in [0.15, 0.2) is 18.3 Å². The summed E-state index contributed by atoms with van der Waals surface area (Å²) < 4.78 is 0. The van der Waals surface area contributed by atoms with Gasteiger partial charge in [-0.3, -0.25) is 5.10 Å². The van der Waals surface area contributed by atoms with Crippen molar-refractivity contribution in [2.45, 2.75) is 33.2 Å². The first-order valence-electron chi connectivity index (χ1n) is 6.82. The second-order valence-corrected chi connectivity index (χ2v) is 5.83. The van der Waals surface area contributed by atoms with Gasteiger partial charge in [0.05, 0.1) is 11.7 Å². The van der Waals surface area contributed by atoms with Crippen LogP contribution in [0.2, 0.25) is 0 Å². The molecular weight excluding hydrogens is 222 g/mol. The van der Waals surface area contributed by atoms with Gasteiger partial charge in [-0.1, -0.05) is 19.9 Å². The molecule has 2 aromatic rings. The van der Waals surface area contributed by atoms with Gasteiger partial charge in [-0.05, 0) is 48.9 Å². The molecule has 0 amide bonds. The first kappa shape index (κ1) is 11.7. The Morgan fingerprint density at radius 1 is 1.28 bits per heavy atom. The highest BCUT2D eigenvalue weighted by Gasteiger charge is 2.28. The first-order chi connectivity index (χ1) is 8.66. The number of nitrogens with one attached hydrogen (secondary N) is 2. The lowest BCUT2D eigenvalue weighted by molar-refractivity contribution is 0.247. The summed E-state index contributed by atoms with van der Waals surface area (Å²) in [6.45, 7) is 7.99. The van der Waals surface area contributed by atoms with Crippen LogP contribution in [0.4, 0.5) is 0 Å². The number of hydrogen-bond acceptors (Lipinski definition) is 2. The summed E-state index contributed by atoms with van der Waals surface area (Å²) in [4.78, 5) is 0. The van der Waals surface area contributed by atoms with Crippen LogP contribution in [-0.2, 0) is 0 Å². The van der Waals surface area contributed by atoms with Crippen LogP contribution in [-0.4, -0.2) is 16.7 Å². The second-order valence-electron chi connectivity index (χ2n) is 5.83. The Morgan fingerprint density at radius 2 is 2.11 bits per heavy atom. The number of hydrogen-bond donors (Lipinski definition) is 2. The molecule has 96 valence electrons. The SMILES string of the molecule is Cc1ccc2[nH]ncc2c1C1NCC(C)CC1C. The summed E-state index contributed by atoms with van der Waals surface area (Å²) in [6.07, 6.45) is 3.26. The third-order valence-corrected chi connectivity index (χ3v) is 4.22. The van der Waals surface area contributed by atoms with E-state index in [4.69, 9.17) is 0 Å². The zero-order valence-corrected chi connectivity index (χ0v) is 11.3.